The Kier molecular flexibility index (Phi) is 4.59. The Labute approximate surface area is 108 Å². The SMILES string of the molecule is CC1CCC(CNCc2cccc(F)c2O)CC1. The molecule has 0 aliphatic heterocycles. The Morgan fingerprint density at radius 2 is 2.00 bits per heavy atom. The molecule has 0 spiro atoms. The van der Waals surface area contributed by atoms with Crippen LogP contribution in [0.2, 0.25) is 0 Å². The first-order valence-electron chi connectivity index (χ1n) is 6.84. The Morgan fingerprint density at radius 3 is 2.72 bits per heavy atom. The number of phenolic OH excluding ortho intramolecular Hbond substituents is 1. The van der Waals surface area contributed by atoms with Gasteiger partial charge in [0.05, 0.1) is 0 Å². The van der Waals surface area contributed by atoms with Gasteiger partial charge in [-0.2, -0.15) is 0 Å². The molecule has 2 nitrogen and oxygen atoms in total. The van der Waals surface area contributed by atoms with E-state index in [9.17, 15) is 9.50 Å². The molecule has 18 heavy (non-hydrogen) atoms. The summed E-state index contributed by atoms with van der Waals surface area (Å²) in [4.78, 5) is 0. The van der Waals surface area contributed by atoms with Gasteiger partial charge in [-0.3, -0.25) is 0 Å². The number of benzene rings is 1. The highest BCUT2D eigenvalue weighted by Crippen LogP contribution is 2.28. The van der Waals surface area contributed by atoms with Crippen molar-refractivity contribution < 1.29 is 9.50 Å². The fraction of sp³-hybridized carbons (Fsp3) is 0.600. The molecule has 1 saturated carbocycles. The van der Waals surface area contributed by atoms with E-state index < -0.39 is 5.82 Å². The zero-order valence-corrected chi connectivity index (χ0v) is 11.0. The molecule has 0 unspecified atom stereocenters. The van der Waals surface area contributed by atoms with Crippen molar-refractivity contribution in [1.29, 1.82) is 0 Å². The van der Waals surface area contributed by atoms with E-state index in [0.717, 1.165) is 18.4 Å². The van der Waals surface area contributed by atoms with E-state index in [0.29, 0.717) is 12.1 Å². The van der Waals surface area contributed by atoms with Crippen molar-refractivity contribution in [2.24, 2.45) is 11.8 Å². The van der Waals surface area contributed by atoms with Crippen LogP contribution >= 0.6 is 0 Å². The molecular formula is C15H22FNO. The molecule has 1 aromatic carbocycles. The van der Waals surface area contributed by atoms with Gasteiger partial charge in [0.1, 0.15) is 0 Å². The van der Waals surface area contributed by atoms with Crippen molar-refractivity contribution in [2.45, 2.75) is 39.2 Å². The van der Waals surface area contributed by atoms with Crippen LogP contribution in [0.25, 0.3) is 0 Å². The lowest BCUT2D eigenvalue weighted by atomic mass is 9.83. The molecule has 0 radical (unpaired) electrons. The first-order valence-corrected chi connectivity index (χ1v) is 6.84. The largest absolute Gasteiger partial charge is 0.505 e. The fourth-order valence-corrected chi connectivity index (χ4v) is 2.65. The predicted molar refractivity (Wildman–Crippen MR) is 70.9 cm³/mol. The standard InChI is InChI=1S/C15H22FNO/c1-11-5-7-12(8-6-11)9-17-10-13-3-2-4-14(16)15(13)18/h2-4,11-12,17-18H,5-10H2,1H3. The van der Waals surface area contributed by atoms with Crippen LogP contribution in [-0.4, -0.2) is 11.7 Å². The van der Waals surface area contributed by atoms with E-state index in [4.69, 9.17) is 0 Å². The van der Waals surface area contributed by atoms with Crippen LogP contribution in [0, 0.1) is 17.7 Å². The highest BCUT2D eigenvalue weighted by Gasteiger charge is 2.17. The molecular weight excluding hydrogens is 229 g/mol. The highest BCUT2D eigenvalue weighted by atomic mass is 19.1. The van der Waals surface area contributed by atoms with Gasteiger partial charge in [0.2, 0.25) is 0 Å². The summed E-state index contributed by atoms with van der Waals surface area (Å²) >= 11 is 0. The summed E-state index contributed by atoms with van der Waals surface area (Å²) in [5.41, 5.74) is 0.638. The summed E-state index contributed by atoms with van der Waals surface area (Å²) in [6.07, 6.45) is 5.20. The number of hydrogen-bond donors (Lipinski definition) is 2. The number of para-hydroxylation sites is 1. The van der Waals surface area contributed by atoms with Gasteiger partial charge < -0.3 is 10.4 Å². The minimum Gasteiger partial charge on any atom is -0.505 e. The Morgan fingerprint density at radius 1 is 1.28 bits per heavy atom. The molecule has 2 rings (SSSR count). The topological polar surface area (TPSA) is 32.3 Å². The molecule has 0 atom stereocenters. The highest BCUT2D eigenvalue weighted by molar-refractivity contribution is 5.33. The van der Waals surface area contributed by atoms with E-state index in [2.05, 4.69) is 12.2 Å². The number of aromatic hydroxyl groups is 1. The average Bonchev–Trinajstić information content (AvgIpc) is 2.37. The molecule has 1 fully saturated rings. The number of hydrogen-bond acceptors (Lipinski definition) is 2. The second-order valence-electron chi connectivity index (χ2n) is 5.50. The molecule has 1 aromatic rings. The zero-order valence-electron chi connectivity index (χ0n) is 11.0. The monoisotopic (exact) mass is 251 g/mol. The van der Waals surface area contributed by atoms with E-state index in [1.807, 2.05) is 0 Å². The smallest absolute Gasteiger partial charge is 0.165 e. The van der Waals surface area contributed by atoms with Gasteiger partial charge in [0.25, 0.3) is 0 Å². The lowest BCUT2D eigenvalue weighted by Gasteiger charge is -2.26. The number of rotatable bonds is 4. The molecule has 100 valence electrons. The zero-order chi connectivity index (χ0) is 13.0. The predicted octanol–water partition coefficient (Wildman–Crippen LogP) is 3.45. The van der Waals surface area contributed by atoms with Crippen molar-refractivity contribution >= 4 is 0 Å². The number of phenols is 1. The first kappa shape index (κ1) is 13.3. The number of halogens is 1. The molecule has 0 heterocycles. The maximum atomic E-state index is 13.1. The maximum Gasteiger partial charge on any atom is 0.165 e. The van der Waals surface area contributed by atoms with E-state index in [-0.39, 0.29) is 5.75 Å². The van der Waals surface area contributed by atoms with Crippen LogP contribution in [0.15, 0.2) is 18.2 Å². The molecule has 2 N–H and O–H groups in total. The molecule has 3 heteroatoms. The van der Waals surface area contributed by atoms with Crippen LogP contribution in [0.3, 0.4) is 0 Å². The Balaban J connectivity index is 1.77. The van der Waals surface area contributed by atoms with E-state index in [1.54, 1.807) is 12.1 Å². The van der Waals surface area contributed by atoms with Crippen molar-refractivity contribution in [3.8, 4) is 5.75 Å². The second kappa shape index (κ2) is 6.19. The summed E-state index contributed by atoms with van der Waals surface area (Å²) in [5, 5.41) is 12.9. The van der Waals surface area contributed by atoms with Gasteiger partial charge in [-0.05, 0) is 37.3 Å². The van der Waals surface area contributed by atoms with Gasteiger partial charge >= 0.3 is 0 Å². The van der Waals surface area contributed by atoms with Gasteiger partial charge in [0, 0.05) is 12.1 Å². The molecule has 0 bridgehead atoms. The molecule has 0 amide bonds. The van der Waals surface area contributed by atoms with Gasteiger partial charge in [0.15, 0.2) is 11.6 Å². The second-order valence-corrected chi connectivity index (χ2v) is 5.50. The summed E-state index contributed by atoms with van der Waals surface area (Å²) < 4.78 is 13.1. The van der Waals surface area contributed by atoms with Gasteiger partial charge in [-0.25, -0.2) is 4.39 Å². The first-order chi connectivity index (χ1) is 8.66. The van der Waals surface area contributed by atoms with Crippen LogP contribution in [0.1, 0.15) is 38.2 Å². The van der Waals surface area contributed by atoms with E-state index in [1.165, 1.54) is 31.7 Å². The van der Waals surface area contributed by atoms with Crippen molar-refractivity contribution in [3.63, 3.8) is 0 Å². The quantitative estimate of drug-likeness (QED) is 0.859. The van der Waals surface area contributed by atoms with Gasteiger partial charge in [-0.1, -0.05) is 31.9 Å². The minimum absolute atomic E-state index is 0.220. The molecule has 1 aliphatic rings. The lowest BCUT2D eigenvalue weighted by molar-refractivity contribution is 0.281. The van der Waals surface area contributed by atoms with Crippen LogP contribution in [0.4, 0.5) is 4.39 Å². The fourth-order valence-electron chi connectivity index (χ4n) is 2.65. The van der Waals surface area contributed by atoms with Crippen molar-refractivity contribution in [1.82, 2.24) is 5.32 Å². The maximum absolute atomic E-state index is 13.1. The van der Waals surface area contributed by atoms with E-state index >= 15 is 0 Å². The molecule has 0 saturated heterocycles. The summed E-state index contributed by atoms with van der Waals surface area (Å²) in [6.45, 7) is 3.81. The average molecular weight is 251 g/mol. The van der Waals surface area contributed by atoms with Crippen molar-refractivity contribution in [2.75, 3.05) is 6.54 Å². The summed E-state index contributed by atoms with van der Waals surface area (Å²) in [7, 11) is 0. The third-order valence-electron chi connectivity index (χ3n) is 3.95. The summed E-state index contributed by atoms with van der Waals surface area (Å²) in [5.74, 6) is 0.841. The normalized spacial score (nSPS) is 24.1. The number of nitrogens with one attached hydrogen (secondary N) is 1. The van der Waals surface area contributed by atoms with Crippen molar-refractivity contribution in [3.05, 3.63) is 29.6 Å². The van der Waals surface area contributed by atoms with Gasteiger partial charge in [-0.15, -0.1) is 0 Å². The summed E-state index contributed by atoms with van der Waals surface area (Å²) in [6, 6.07) is 4.67. The Hall–Kier alpha value is -1.09. The lowest BCUT2D eigenvalue weighted by Crippen LogP contribution is -2.25. The third kappa shape index (κ3) is 3.45. The van der Waals surface area contributed by atoms with Crippen LogP contribution < -0.4 is 5.32 Å². The van der Waals surface area contributed by atoms with Crippen LogP contribution in [0.5, 0.6) is 5.75 Å². The van der Waals surface area contributed by atoms with Crippen LogP contribution in [-0.2, 0) is 6.54 Å². The minimum atomic E-state index is -0.541. The molecule has 0 aromatic heterocycles. The molecule has 1 aliphatic carbocycles. The Bertz CT molecular complexity index is 386. The third-order valence-corrected chi connectivity index (χ3v) is 3.95.